The third-order valence-electron chi connectivity index (χ3n) is 6.87. The van der Waals surface area contributed by atoms with Gasteiger partial charge >= 0.3 is 6.18 Å². The number of anilines is 2. The molecular weight excluding hydrogens is 587 g/mol. The van der Waals surface area contributed by atoms with E-state index in [1.807, 2.05) is 6.07 Å². The van der Waals surface area contributed by atoms with Crippen LogP contribution < -0.4 is 14.4 Å². The van der Waals surface area contributed by atoms with Crippen molar-refractivity contribution in [2.24, 2.45) is 0 Å². The number of nitrogens with one attached hydrogen (secondary N) is 1. The maximum Gasteiger partial charge on any atom is 0.418 e. The normalized spacial score (nSPS) is 13.7. The Labute approximate surface area is 246 Å². The van der Waals surface area contributed by atoms with E-state index in [1.54, 1.807) is 36.4 Å². The molecule has 0 fully saturated rings. The zero-order chi connectivity index (χ0) is 30.8. The lowest BCUT2D eigenvalue weighted by Gasteiger charge is -2.29. The first-order valence-electron chi connectivity index (χ1n) is 13.2. The van der Waals surface area contributed by atoms with Gasteiger partial charge in [-0.3, -0.25) is 14.5 Å². The SMILES string of the molecule is COCCOCOc1ccc(N2CCc3cc(-c4ccc(C(F)(F)F)c5ncccc45)ccc3C2=O)cc1NS(C)(=O)=O. The maximum atomic E-state index is 13.6. The molecule has 0 radical (unpaired) electrons. The Bertz CT molecular complexity index is 1780. The highest BCUT2D eigenvalue weighted by Crippen LogP contribution is 2.39. The molecule has 0 unspecified atom stereocenters. The lowest BCUT2D eigenvalue weighted by atomic mass is 9.91. The van der Waals surface area contributed by atoms with Crippen LogP contribution in [-0.4, -0.2) is 59.2 Å². The number of benzene rings is 3. The van der Waals surface area contributed by atoms with Crippen LogP contribution in [0.15, 0.2) is 66.9 Å². The summed E-state index contributed by atoms with van der Waals surface area (Å²) in [5, 5.41) is 0.360. The second kappa shape index (κ2) is 12.2. The third kappa shape index (κ3) is 6.74. The quantitative estimate of drug-likeness (QED) is 0.186. The molecule has 0 saturated carbocycles. The number of pyridine rings is 1. The molecule has 9 nitrogen and oxygen atoms in total. The molecule has 13 heteroatoms. The molecule has 5 rings (SSSR count). The average Bonchev–Trinajstić information content (AvgIpc) is 2.96. The fourth-order valence-electron chi connectivity index (χ4n) is 4.95. The molecule has 3 aromatic carbocycles. The van der Waals surface area contributed by atoms with Crippen molar-refractivity contribution < 1.29 is 40.6 Å². The summed E-state index contributed by atoms with van der Waals surface area (Å²) in [7, 11) is -2.13. The summed E-state index contributed by atoms with van der Waals surface area (Å²) in [4.78, 5) is 19.1. The maximum absolute atomic E-state index is 13.6. The van der Waals surface area contributed by atoms with Gasteiger partial charge in [0.05, 0.1) is 36.2 Å². The lowest BCUT2D eigenvalue weighted by molar-refractivity contribution is -0.136. The first-order valence-corrected chi connectivity index (χ1v) is 15.1. The molecule has 1 amide bonds. The van der Waals surface area contributed by atoms with E-state index >= 15 is 0 Å². The second-order valence-electron chi connectivity index (χ2n) is 9.85. The summed E-state index contributed by atoms with van der Waals surface area (Å²) in [6.07, 6.45) is -1.75. The van der Waals surface area contributed by atoms with Gasteiger partial charge in [0.25, 0.3) is 5.91 Å². The molecule has 226 valence electrons. The van der Waals surface area contributed by atoms with Crippen molar-refractivity contribution in [3.63, 3.8) is 0 Å². The molecular formula is C30H28F3N3O6S. The van der Waals surface area contributed by atoms with Crippen molar-refractivity contribution in [2.45, 2.75) is 12.6 Å². The van der Waals surface area contributed by atoms with Gasteiger partial charge in [-0.05, 0) is 59.5 Å². The Hall–Kier alpha value is -4.20. The molecule has 0 bridgehead atoms. The molecule has 0 atom stereocenters. The molecule has 1 aromatic heterocycles. The number of ether oxygens (including phenoxy) is 3. The summed E-state index contributed by atoms with van der Waals surface area (Å²) in [6.45, 7) is 0.820. The van der Waals surface area contributed by atoms with Crippen molar-refractivity contribution >= 4 is 38.2 Å². The minimum atomic E-state index is -4.55. The third-order valence-corrected chi connectivity index (χ3v) is 7.46. The van der Waals surface area contributed by atoms with Crippen LogP contribution in [0.4, 0.5) is 24.5 Å². The van der Waals surface area contributed by atoms with Gasteiger partial charge in [-0.2, -0.15) is 13.2 Å². The molecule has 1 aliphatic heterocycles. The predicted octanol–water partition coefficient (Wildman–Crippen LogP) is 5.49. The standard InChI is InChI=1S/C30H28F3N3O6S/c1-40-14-15-41-18-42-27-10-6-21(17-26(27)35-43(2,38)39)36-13-11-20-16-19(5-7-23(20)29(36)37)22-8-9-25(30(31,32)33)28-24(22)4-3-12-34-28/h3-10,12,16-17,35H,11,13-15,18H2,1-2H3. The number of amides is 1. The van der Waals surface area contributed by atoms with E-state index in [1.165, 1.54) is 30.3 Å². The second-order valence-corrected chi connectivity index (χ2v) is 11.6. The van der Waals surface area contributed by atoms with Crippen LogP contribution in [0.3, 0.4) is 0 Å². The van der Waals surface area contributed by atoms with Crippen LogP contribution in [0.5, 0.6) is 5.75 Å². The summed E-state index contributed by atoms with van der Waals surface area (Å²) in [6, 6.07) is 15.5. The van der Waals surface area contributed by atoms with Gasteiger partial charge in [-0.15, -0.1) is 0 Å². The lowest BCUT2D eigenvalue weighted by Crippen LogP contribution is -2.37. The summed E-state index contributed by atoms with van der Waals surface area (Å²) in [5.41, 5.74) is 2.08. The Balaban J connectivity index is 1.43. The predicted molar refractivity (Wildman–Crippen MR) is 156 cm³/mol. The van der Waals surface area contributed by atoms with E-state index in [9.17, 15) is 26.4 Å². The van der Waals surface area contributed by atoms with Gasteiger partial charge < -0.3 is 19.1 Å². The first kappa shape index (κ1) is 30.3. The fraction of sp³-hybridized carbons (Fsp3) is 0.267. The number of rotatable bonds is 10. The van der Waals surface area contributed by atoms with Crippen LogP contribution in [0, 0.1) is 0 Å². The Morgan fingerprint density at radius 2 is 1.81 bits per heavy atom. The van der Waals surface area contributed by atoms with E-state index < -0.39 is 21.8 Å². The van der Waals surface area contributed by atoms with E-state index in [0.29, 0.717) is 53.9 Å². The van der Waals surface area contributed by atoms with Gasteiger partial charge in [0.15, 0.2) is 6.79 Å². The van der Waals surface area contributed by atoms with Crippen molar-refractivity contribution in [3.8, 4) is 16.9 Å². The number of alkyl halides is 3. The summed E-state index contributed by atoms with van der Waals surface area (Å²) < 4.78 is 83.1. The monoisotopic (exact) mass is 615 g/mol. The zero-order valence-corrected chi connectivity index (χ0v) is 24.1. The number of halogens is 3. The van der Waals surface area contributed by atoms with Crippen molar-refractivity contribution in [3.05, 3.63) is 83.6 Å². The van der Waals surface area contributed by atoms with Crippen LogP contribution in [0.25, 0.3) is 22.0 Å². The highest BCUT2D eigenvalue weighted by atomic mass is 32.2. The molecule has 0 saturated heterocycles. The van der Waals surface area contributed by atoms with Crippen LogP contribution >= 0.6 is 0 Å². The molecule has 4 aromatic rings. The molecule has 1 aliphatic rings. The number of sulfonamides is 1. The van der Waals surface area contributed by atoms with Gasteiger partial charge in [0.2, 0.25) is 10.0 Å². The highest BCUT2D eigenvalue weighted by molar-refractivity contribution is 7.92. The zero-order valence-electron chi connectivity index (χ0n) is 23.3. The van der Waals surface area contributed by atoms with Crippen molar-refractivity contribution in [2.75, 3.05) is 49.5 Å². The molecule has 0 aliphatic carbocycles. The number of hydrogen-bond donors (Lipinski definition) is 1. The Morgan fingerprint density at radius 1 is 1.02 bits per heavy atom. The Morgan fingerprint density at radius 3 is 2.56 bits per heavy atom. The minimum Gasteiger partial charge on any atom is -0.465 e. The number of carbonyl (C=O) groups is 1. The molecule has 2 heterocycles. The molecule has 0 spiro atoms. The van der Waals surface area contributed by atoms with Crippen LogP contribution in [-0.2, 0) is 32.1 Å². The minimum absolute atomic E-state index is 0.135. The van der Waals surface area contributed by atoms with E-state index in [4.69, 9.17) is 14.2 Å². The van der Waals surface area contributed by atoms with E-state index in [2.05, 4.69) is 9.71 Å². The first-order chi connectivity index (χ1) is 20.5. The summed E-state index contributed by atoms with van der Waals surface area (Å²) >= 11 is 0. The van der Waals surface area contributed by atoms with Gasteiger partial charge in [-0.1, -0.05) is 24.3 Å². The van der Waals surface area contributed by atoms with Gasteiger partial charge in [0, 0.05) is 36.5 Å². The van der Waals surface area contributed by atoms with E-state index in [0.717, 1.165) is 17.9 Å². The number of carbonyl (C=O) groups excluding carboxylic acids is 1. The van der Waals surface area contributed by atoms with Crippen molar-refractivity contribution in [1.29, 1.82) is 0 Å². The van der Waals surface area contributed by atoms with Gasteiger partial charge in [-0.25, -0.2) is 8.42 Å². The molecule has 1 N–H and O–H groups in total. The van der Waals surface area contributed by atoms with Crippen LogP contribution in [0.1, 0.15) is 21.5 Å². The Kier molecular flexibility index (Phi) is 8.58. The van der Waals surface area contributed by atoms with Crippen molar-refractivity contribution in [1.82, 2.24) is 4.98 Å². The number of fused-ring (bicyclic) bond motifs is 2. The van der Waals surface area contributed by atoms with E-state index in [-0.39, 0.29) is 29.7 Å². The van der Waals surface area contributed by atoms with Gasteiger partial charge in [0.1, 0.15) is 5.75 Å². The number of methoxy groups -OCH3 is 1. The highest BCUT2D eigenvalue weighted by Gasteiger charge is 2.34. The average molecular weight is 616 g/mol. The number of hydrogen-bond acceptors (Lipinski definition) is 7. The topological polar surface area (TPSA) is 107 Å². The number of nitrogens with zero attached hydrogens (tertiary/aromatic N) is 2. The van der Waals surface area contributed by atoms with Crippen LogP contribution in [0.2, 0.25) is 0 Å². The summed E-state index contributed by atoms with van der Waals surface area (Å²) in [5.74, 6) is -0.0760. The fourth-order valence-corrected chi connectivity index (χ4v) is 5.51. The smallest absolute Gasteiger partial charge is 0.418 e. The molecule has 43 heavy (non-hydrogen) atoms. The largest absolute Gasteiger partial charge is 0.465 e. The number of aromatic nitrogens is 1.